The predicted molar refractivity (Wildman–Crippen MR) is 78.0 cm³/mol. The number of nitro benzene ring substituents is 1. The molecule has 0 aliphatic carbocycles. The number of benzene rings is 1. The van der Waals surface area contributed by atoms with Crippen LogP contribution in [0.25, 0.3) is 0 Å². The number of hydrogen-bond acceptors (Lipinski definition) is 5. The molecular formula is C11H8Cl2N2O5S. The third kappa shape index (κ3) is 3.07. The van der Waals surface area contributed by atoms with E-state index in [1.54, 1.807) is 0 Å². The van der Waals surface area contributed by atoms with Crippen molar-refractivity contribution in [2.45, 2.75) is 6.04 Å². The summed E-state index contributed by atoms with van der Waals surface area (Å²) in [6.07, 6.45) is 0. The Hall–Kier alpha value is -1.51. The monoisotopic (exact) mass is 350 g/mol. The molecule has 1 aliphatic rings. The van der Waals surface area contributed by atoms with E-state index in [1.807, 2.05) is 0 Å². The minimum Gasteiger partial charge on any atom is -0.480 e. The fourth-order valence-corrected chi connectivity index (χ4v) is 3.38. The summed E-state index contributed by atoms with van der Waals surface area (Å²) in [7, 11) is 0. The molecule has 10 heteroatoms. The van der Waals surface area contributed by atoms with Crippen molar-refractivity contribution >= 4 is 52.5 Å². The molecule has 1 aromatic carbocycles. The zero-order chi connectivity index (χ0) is 15.7. The second-order valence-electron chi connectivity index (χ2n) is 4.18. The molecule has 1 fully saturated rings. The number of carbonyl (C=O) groups excluding carboxylic acids is 1. The van der Waals surface area contributed by atoms with Gasteiger partial charge in [-0.15, -0.1) is 11.8 Å². The van der Waals surface area contributed by atoms with E-state index >= 15 is 0 Å². The summed E-state index contributed by atoms with van der Waals surface area (Å²) >= 11 is 12.8. The standard InChI is InChI=1S/C11H8Cl2N2O5S/c12-6-1-5(2-7(9(6)13)15(19)20)10(16)14-4-21-3-8(14)11(17)18/h1-2,8H,3-4H2,(H,17,18)/t8-/m0/s1. The van der Waals surface area contributed by atoms with Gasteiger partial charge in [0.25, 0.3) is 11.6 Å². The van der Waals surface area contributed by atoms with Gasteiger partial charge >= 0.3 is 5.97 Å². The average molecular weight is 351 g/mol. The molecule has 7 nitrogen and oxygen atoms in total. The lowest BCUT2D eigenvalue weighted by atomic mass is 10.1. The van der Waals surface area contributed by atoms with Gasteiger partial charge in [0.2, 0.25) is 0 Å². The van der Waals surface area contributed by atoms with E-state index < -0.39 is 28.5 Å². The number of carboxylic acids is 1. The SMILES string of the molecule is O=C(O)[C@@H]1CSCN1C(=O)c1cc(Cl)c(Cl)c([N+](=O)[O-])c1. The number of amides is 1. The molecule has 2 rings (SSSR count). The first kappa shape index (κ1) is 15.9. The summed E-state index contributed by atoms with van der Waals surface area (Å²) in [4.78, 5) is 34.7. The van der Waals surface area contributed by atoms with E-state index in [1.165, 1.54) is 17.8 Å². The fraction of sp³-hybridized carbons (Fsp3) is 0.273. The van der Waals surface area contributed by atoms with Gasteiger partial charge in [-0.25, -0.2) is 4.79 Å². The van der Waals surface area contributed by atoms with Gasteiger partial charge in [0.05, 0.1) is 15.8 Å². The molecule has 0 radical (unpaired) electrons. The van der Waals surface area contributed by atoms with Crippen LogP contribution in [0.4, 0.5) is 5.69 Å². The molecule has 0 spiro atoms. The minimum absolute atomic E-state index is 0.0650. The lowest BCUT2D eigenvalue weighted by Gasteiger charge is -2.20. The van der Waals surface area contributed by atoms with Crippen LogP contribution in [0, 0.1) is 10.1 Å². The summed E-state index contributed by atoms with van der Waals surface area (Å²) < 4.78 is 0. The largest absolute Gasteiger partial charge is 0.480 e. The third-order valence-corrected chi connectivity index (χ3v) is 4.69. The molecule has 1 N–H and O–H groups in total. The number of nitro groups is 1. The van der Waals surface area contributed by atoms with Crippen LogP contribution in [0.15, 0.2) is 12.1 Å². The Morgan fingerprint density at radius 2 is 2.10 bits per heavy atom. The third-order valence-electron chi connectivity index (χ3n) is 2.88. The van der Waals surface area contributed by atoms with Gasteiger partial charge in [0, 0.05) is 17.4 Å². The van der Waals surface area contributed by atoms with Crippen LogP contribution in [0.5, 0.6) is 0 Å². The van der Waals surface area contributed by atoms with E-state index in [0.29, 0.717) is 0 Å². The summed E-state index contributed by atoms with van der Waals surface area (Å²) in [5, 5.41) is 19.5. The normalized spacial score (nSPS) is 17.8. The van der Waals surface area contributed by atoms with Crippen LogP contribution in [0.2, 0.25) is 10.0 Å². The van der Waals surface area contributed by atoms with Crippen LogP contribution in [-0.2, 0) is 4.79 Å². The molecule has 112 valence electrons. The van der Waals surface area contributed by atoms with E-state index in [2.05, 4.69) is 0 Å². The zero-order valence-electron chi connectivity index (χ0n) is 10.3. The predicted octanol–water partition coefficient (Wildman–Crippen LogP) is 2.50. The Labute approximate surface area is 133 Å². The Morgan fingerprint density at radius 1 is 1.43 bits per heavy atom. The molecule has 1 atom stereocenters. The second-order valence-corrected chi connectivity index (χ2v) is 5.96. The topological polar surface area (TPSA) is 101 Å². The minimum atomic E-state index is -1.12. The van der Waals surface area contributed by atoms with Crippen molar-refractivity contribution in [3.8, 4) is 0 Å². The number of nitrogens with zero attached hydrogens (tertiary/aromatic N) is 2. The highest BCUT2D eigenvalue weighted by molar-refractivity contribution is 7.99. The number of halogens is 2. The van der Waals surface area contributed by atoms with Gasteiger partial charge in [-0.3, -0.25) is 14.9 Å². The molecule has 1 heterocycles. The summed E-state index contributed by atoms with van der Waals surface area (Å²) in [5.41, 5.74) is -0.559. The smallest absolute Gasteiger partial charge is 0.327 e. The van der Waals surface area contributed by atoms with E-state index in [-0.39, 0.29) is 27.2 Å². The maximum absolute atomic E-state index is 12.3. The highest BCUT2D eigenvalue weighted by Crippen LogP contribution is 2.34. The van der Waals surface area contributed by atoms with Crippen molar-refractivity contribution in [3.63, 3.8) is 0 Å². The average Bonchev–Trinajstić information content (AvgIpc) is 2.89. The lowest BCUT2D eigenvalue weighted by Crippen LogP contribution is -2.41. The molecule has 1 saturated heterocycles. The Bertz CT molecular complexity index is 639. The Kier molecular flexibility index (Phi) is 4.60. The molecule has 0 bridgehead atoms. The fourth-order valence-electron chi connectivity index (χ4n) is 1.84. The van der Waals surface area contributed by atoms with Crippen molar-refractivity contribution in [2.24, 2.45) is 0 Å². The van der Waals surface area contributed by atoms with Gasteiger partial charge in [-0.2, -0.15) is 0 Å². The second kappa shape index (κ2) is 6.08. The molecule has 0 aromatic heterocycles. The Balaban J connectivity index is 2.40. The van der Waals surface area contributed by atoms with Crippen LogP contribution in [0.1, 0.15) is 10.4 Å². The molecule has 1 amide bonds. The molecule has 1 aliphatic heterocycles. The highest BCUT2D eigenvalue weighted by atomic mass is 35.5. The van der Waals surface area contributed by atoms with Gasteiger partial charge in [-0.05, 0) is 6.07 Å². The molecule has 0 saturated carbocycles. The van der Waals surface area contributed by atoms with E-state index in [9.17, 15) is 19.7 Å². The van der Waals surface area contributed by atoms with Gasteiger partial charge in [0.15, 0.2) is 0 Å². The molecular weight excluding hydrogens is 343 g/mol. The summed E-state index contributed by atoms with van der Waals surface area (Å²) in [5.74, 6) is -1.29. The van der Waals surface area contributed by atoms with E-state index in [4.69, 9.17) is 28.3 Å². The number of carbonyl (C=O) groups is 2. The molecule has 21 heavy (non-hydrogen) atoms. The summed E-state index contributed by atoms with van der Waals surface area (Å²) in [6, 6.07) is 1.23. The van der Waals surface area contributed by atoms with Gasteiger partial charge < -0.3 is 10.0 Å². The maximum atomic E-state index is 12.3. The molecule has 0 unspecified atom stereocenters. The number of carboxylic acid groups (broad SMARTS) is 1. The maximum Gasteiger partial charge on any atom is 0.327 e. The van der Waals surface area contributed by atoms with Gasteiger partial charge in [-0.1, -0.05) is 23.2 Å². The number of thioether (sulfide) groups is 1. The van der Waals surface area contributed by atoms with E-state index in [0.717, 1.165) is 11.0 Å². The van der Waals surface area contributed by atoms with Crippen LogP contribution >= 0.6 is 35.0 Å². The van der Waals surface area contributed by atoms with Crippen LogP contribution in [0.3, 0.4) is 0 Å². The van der Waals surface area contributed by atoms with Crippen LogP contribution in [-0.4, -0.2) is 44.5 Å². The summed E-state index contributed by atoms with van der Waals surface area (Å²) in [6.45, 7) is 0. The van der Waals surface area contributed by atoms with Crippen molar-refractivity contribution in [1.29, 1.82) is 0 Å². The van der Waals surface area contributed by atoms with Gasteiger partial charge in [0.1, 0.15) is 11.1 Å². The quantitative estimate of drug-likeness (QED) is 0.663. The number of rotatable bonds is 3. The van der Waals surface area contributed by atoms with Crippen LogP contribution < -0.4 is 0 Å². The lowest BCUT2D eigenvalue weighted by molar-refractivity contribution is -0.384. The molecule has 1 aromatic rings. The first-order chi connectivity index (χ1) is 9.82. The highest BCUT2D eigenvalue weighted by Gasteiger charge is 2.35. The number of hydrogen-bond donors (Lipinski definition) is 1. The first-order valence-electron chi connectivity index (χ1n) is 5.58. The first-order valence-corrected chi connectivity index (χ1v) is 7.49. The van der Waals surface area contributed by atoms with Crippen molar-refractivity contribution in [3.05, 3.63) is 37.9 Å². The zero-order valence-corrected chi connectivity index (χ0v) is 12.6. The van der Waals surface area contributed by atoms with Crippen molar-refractivity contribution in [2.75, 3.05) is 11.6 Å². The Morgan fingerprint density at radius 3 is 2.67 bits per heavy atom. The van der Waals surface area contributed by atoms with Crippen molar-refractivity contribution in [1.82, 2.24) is 4.90 Å². The number of aliphatic carboxylic acids is 1. The van der Waals surface area contributed by atoms with Crippen molar-refractivity contribution < 1.29 is 19.6 Å².